The molecule has 0 saturated carbocycles. The number of morpholine rings is 1. The Kier molecular flexibility index (Phi) is 6.64. The molecule has 0 bridgehead atoms. The minimum absolute atomic E-state index is 0.118. The van der Waals surface area contributed by atoms with Gasteiger partial charge in [0.25, 0.3) is 0 Å². The normalized spacial score (nSPS) is 19.0. The van der Waals surface area contributed by atoms with Crippen LogP contribution in [-0.2, 0) is 21.2 Å². The number of carbonyl (C=O) groups is 1. The molecule has 32 heavy (non-hydrogen) atoms. The van der Waals surface area contributed by atoms with Crippen LogP contribution in [0.1, 0.15) is 35.3 Å². The van der Waals surface area contributed by atoms with Crippen LogP contribution in [0.25, 0.3) is 6.08 Å². The van der Waals surface area contributed by atoms with Crippen molar-refractivity contribution in [3.63, 3.8) is 0 Å². The van der Waals surface area contributed by atoms with Crippen molar-refractivity contribution < 1.29 is 27.4 Å². The van der Waals surface area contributed by atoms with Crippen LogP contribution < -0.4 is 9.47 Å². The standard InChI is InChI=1S/C24H27NO6S/c1-3-30-23-16-20-14-17(2)31-24(20)15-19(23)6-9-22(26)18-4-7-21(8-5-18)32(27,28)25-10-12-29-13-11-25/h4-9,15-17H,3,10-14H2,1-2H3/b9-6+/t17-/m1/s1. The Morgan fingerprint density at radius 3 is 2.59 bits per heavy atom. The van der Waals surface area contributed by atoms with E-state index in [4.69, 9.17) is 14.2 Å². The third kappa shape index (κ3) is 4.72. The molecule has 0 amide bonds. The third-order valence-corrected chi connectivity index (χ3v) is 7.40. The van der Waals surface area contributed by atoms with Gasteiger partial charge in [0.15, 0.2) is 5.78 Å². The number of ether oxygens (including phenoxy) is 3. The molecule has 0 aliphatic carbocycles. The first-order chi connectivity index (χ1) is 15.4. The molecule has 0 unspecified atom stereocenters. The Bertz CT molecular complexity index is 1120. The van der Waals surface area contributed by atoms with Gasteiger partial charge in [-0.25, -0.2) is 8.42 Å². The lowest BCUT2D eigenvalue weighted by Gasteiger charge is -2.26. The fourth-order valence-corrected chi connectivity index (χ4v) is 5.26. The summed E-state index contributed by atoms with van der Waals surface area (Å²) in [5, 5.41) is 0. The van der Waals surface area contributed by atoms with Gasteiger partial charge < -0.3 is 14.2 Å². The Hall–Kier alpha value is -2.68. The summed E-state index contributed by atoms with van der Waals surface area (Å²) in [5.74, 6) is 1.29. The zero-order chi connectivity index (χ0) is 22.7. The summed E-state index contributed by atoms with van der Waals surface area (Å²) >= 11 is 0. The zero-order valence-corrected chi connectivity index (χ0v) is 19.1. The molecule has 0 aromatic heterocycles. The highest BCUT2D eigenvalue weighted by atomic mass is 32.2. The van der Waals surface area contributed by atoms with Gasteiger partial charge in [0.2, 0.25) is 10.0 Å². The van der Waals surface area contributed by atoms with Crippen LogP contribution in [0.4, 0.5) is 0 Å². The van der Waals surface area contributed by atoms with Crippen molar-refractivity contribution in [1.82, 2.24) is 4.31 Å². The Balaban J connectivity index is 1.51. The molecule has 7 nitrogen and oxygen atoms in total. The van der Waals surface area contributed by atoms with Crippen LogP contribution in [0.15, 0.2) is 47.4 Å². The summed E-state index contributed by atoms with van der Waals surface area (Å²) < 4.78 is 43.7. The number of sulfonamides is 1. The molecule has 170 valence electrons. The summed E-state index contributed by atoms with van der Waals surface area (Å²) in [5.41, 5.74) is 2.27. The van der Waals surface area contributed by atoms with E-state index in [1.807, 2.05) is 26.0 Å². The number of rotatable bonds is 7. The predicted octanol–water partition coefficient (Wildman–Crippen LogP) is 3.33. The molecule has 2 aliphatic rings. The molecule has 2 aliphatic heterocycles. The minimum Gasteiger partial charge on any atom is -0.493 e. The van der Waals surface area contributed by atoms with Crippen molar-refractivity contribution >= 4 is 21.9 Å². The molecule has 8 heteroatoms. The van der Waals surface area contributed by atoms with Gasteiger partial charge in [0.05, 0.1) is 24.7 Å². The van der Waals surface area contributed by atoms with Crippen LogP contribution >= 0.6 is 0 Å². The van der Waals surface area contributed by atoms with Crippen LogP contribution in [0, 0.1) is 0 Å². The van der Waals surface area contributed by atoms with Gasteiger partial charge in [-0.15, -0.1) is 0 Å². The second-order valence-electron chi connectivity index (χ2n) is 7.80. The predicted molar refractivity (Wildman–Crippen MR) is 121 cm³/mol. The minimum atomic E-state index is -3.59. The number of allylic oxidation sites excluding steroid dienone is 1. The molecule has 2 heterocycles. The number of fused-ring (bicyclic) bond motifs is 1. The maximum Gasteiger partial charge on any atom is 0.243 e. The first-order valence-electron chi connectivity index (χ1n) is 10.7. The summed E-state index contributed by atoms with van der Waals surface area (Å²) in [7, 11) is -3.59. The van der Waals surface area contributed by atoms with Crippen molar-refractivity contribution in [3.05, 3.63) is 59.2 Å². The smallest absolute Gasteiger partial charge is 0.243 e. The lowest BCUT2D eigenvalue weighted by atomic mass is 10.0. The molecule has 0 radical (unpaired) electrons. The van der Waals surface area contributed by atoms with Crippen LogP contribution in [0.2, 0.25) is 0 Å². The molecule has 1 saturated heterocycles. The monoisotopic (exact) mass is 457 g/mol. The molecule has 0 spiro atoms. The number of benzene rings is 2. The average Bonchev–Trinajstić information content (AvgIpc) is 3.17. The van der Waals surface area contributed by atoms with Crippen molar-refractivity contribution in [2.75, 3.05) is 32.9 Å². The van der Waals surface area contributed by atoms with E-state index in [9.17, 15) is 13.2 Å². The maximum atomic E-state index is 12.7. The van der Waals surface area contributed by atoms with E-state index in [1.54, 1.807) is 6.08 Å². The van der Waals surface area contributed by atoms with E-state index < -0.39 is 10.0 Å². The van der Waals surface area contributed by atoms with Gasteiger partial charge in [0, 0.05) is 36.2 Å². The average molecular weight is 458 g/mol. The highest BCUT2D eigenvalue weighted by molar-refractivity contribution is 7.89. The summed E-state index contributed by atoms with van der Waals surface area (Å²) in [6.45, 7) is 5.88. The van der Waals surface area contributed by atoms with Crippen LogP contribution in [0.3, 0.4) is 0 Å². The second kappa shape index (κ2) is 9.44. The highest BCUT2D eigenvalue weighted by Gasteiger charge is 2.26. The van der Waals surface area contributed by atoms with Gasteiger partial charge in [0.1, 0.15) is 17.6 Å². The first-order valence-corrected chi connectivity index (χ1v) is 12.2. The lowest BCUT2D eigenvalue weighted by Crippen LogP contribution is -2.40. The Labute approximate surface area is 188 Å². The fraction of sp³-hybridized carbons (Fsp3) is 0.375. The van der Waals surface area contributed by atoms with E-state index in [0.29, 0.717) is 44.2 Å². The number of hydrogen-bond donors (Lipinski definition) is 0. The quantitative estimate of drug-likeness (QED) is 0.469. The topological polar surface area (TPSA) is 82.1 Å². The summed E-state index contributed by atoms with van der Waals surface area (Å²) in [6.07, 6.45) is 4.12. The summed E-state index contributed by atoms with van der Waals surface area (Å²) in [6, 6.07) is 9.89. The van der Waals surface area contributed by atoms with Crippen molar-refractivity contribution in [1.29, 1.82) is 0 Å². The number of ketones is 1. The Morgan fingerprint density at radius 2 is 1.91 bits per heavy atom. The zero-order valence-electron chi connectivity index (χ0n) is 18.2. The molecule has 2 aromatic carbocycles. The second-order valence-corrected chi connectivity index (χ2v) is 9.74. The molecule has 0 N–H and O–H groups in total. The van der Waals surface area contributed by atoms with Gasteiger partial charge in [-0.3, -0.25) is 4.79 Å². The van der Waals surface area contributed by atoms with Crippen molar-refractivity contribution in [2.45, 2.75) is 31.3 Å². The number of nitrogens with zero attached hydrogens (tertiary/aromatic N) is 1. The maximum absolute atomic E-state index is 12.7. The largest absolute Gasteiger partial charge is 0.493 e. The van der Waals surface area contributed by atoms with Gasteiger partial charge >= 0.3 is 0 Å². The van der Waals surface area contributed by atoms with Crippen molar-refractivity contribution in [2.24, 2.45) is 0 Å². The lowest BCUT2D eigenvalue weighted by molar-refractivity contribution is 0.0730. The molecule has 4 rings (SSSR count). The van der Waals surface area contributed by atoms with E-state index in [1.165, 1.54) is 34.6 Å². The SMILES string of the molecule is CCOc1cc2c(cc1/C=C/C(=O)c1ccc(S(=O)(=O)N3CCOCC3)cc1)O[C@H](C)C2. The van der Waals surface area contributed by atoms with Crippen LogP contribution in [0.5, 0.6) is 11.5 Å². The van der Waals surface area contributed by atoms with Gasteiger partial charge in [-0.2, -0.15) is 4.31 Å². The van der Waals surface area contributed by atoms with E-state index >= 15 is 0 Å². The molecular weight excluding hydrogens is 430 g/mol. The third-order valence-electron chi connectivity index (χ3n) is 5.49. The van der Waals surface area contributed by atoms with Crippen molar-refractivity contribution in [3.8, 4) is 11.5 Å². The fourth-order valence-electron chi connectivity index (χ4n) is 3.85. The molecular formula is C24H27NO6S. The van der Waals surface area contributed by atoms with Gasteiger partial charge in [-0.05, 0) is 62.4 Å². The molecule has 2 aromatic rings. The number of hydrogen-bond acceptors (Lipinski definition) is 6. The van der Waals surface area contributed by atoms with Gasteiger partial charge in [-0.1, -0.05) is 0 Å². The van der Waals surface area contributed by atoms with Crippen LogP contribution in [-0.4, -0.2) is 57.5 Å². The van der Waals surface area contributed by atoms with E-state index in [0.717, 1.165) is 23.3 Å². The Morgan fingerprint density at radius 1 is 1.19 bits per heavy atom. The summed E-state index contributed by atoms with van der Waals surface area (Å²) in [4.78, 5) is 12.9. The first kappa shape index (κ1) is 22.5. The van der Waals surface area contributed by atoms with E-state index in [2.05, 4.69) is 0 Å². The van der Waals surface area contributed by atoms with E-state index in [-0.39, 0.29) is 16.8 Å². The highest BCUT2D eigenvalue weighted by Crippen LogP contribution is 2.35. The number of carbonyl (C=O) groups excluding carboxylic acids is 1. The molecule has 1 fully saturated rings. The molecule has 1 atom stereocenters.